The second-order valence-electron chi connectivity index (χ2n) is 5.95. The molecule has 116 valence electrons. The number of rotatable bonds is 5. The van der Waals surface area contributed by atoms with Gasteiger partial charge in [-0.2, -0.15) is 0 Å². The fourth-order valence-electron chi connectivity index (χ4n) is 2.27. The van der Waals surface area contributed by atoms with E-state index in [2.05, 4.69) is 38.1 Å². The van der Waals surface area contributed by atoms with Crippen LogP contribution in [0.1, 0.15) is 49.4 Å². The minimum absolute atomic E-state index is 0.0183. The summed E-state index contributed by atoms with van der Waals surface area (Å²) >= 11 is 0. The van der Waals surface area contributed by atoms with Crippen LogP contribution in [0.4, 0.5) is 0 Å². The van der Waals surface area contributed by atoms with Crippen molar-refractivity contribution < 1.29 is 0 Å². The summed E-state index contributed by atoms with van der Waals surface area (Å²) in [4.78, 5) is 12.0. The Hall–Kier alpha value is -2.13. The zero-order valence-corrected chi connectivity index (χ0v) is 13.5. The van der Waals surface area contributed by atoms with Crippen LogP contribution >= 0.6 is 0 Å². The highest BCUT2D eigenvalue weighted by molar-refractivity contribution is 5.69. The summed E-state index contributed by atoms with van der Waals surface area (Å²) < 4.78 is 1.66. The van der Waals surface area contributed by atoms with Gasteiger partial charge in [-0.15, -0.1) is 0 Å². The molecule has 1 unspecified atom stereocenters. The van der Waals surface area contributed by atoms with Gasteiger partial charge in [0.25, 0.3) is 5.56 Å². The van der Waals surface area contributed by atoms with Gasteiger partial charge in [0.2, 0.25) is 0 Å². The first-order chi connectivity index (χ1) is 10.5. The minimum Gasteiger partial charge on any atom is -0.328 e. The van der Waals surface area contributed by atoms with Gasteiger partial charge in [0.05, 0.1) is 0 Å². The molecule has 0 aliphatic carbocycles. The van der Waals surface area contributed by atoms with Crippen molar-refractivity contribution in [3.05, 3.63) is 69.6 Å². The van der Waals surface area contributed by atoms with Gasteiger partial charge in [-0.05, 0) is 35.6 Å². The van der Waals surface area contributed by atoms with Crippen LogP contribution in [0.15, 0.2) is 47.4 Å². The average molecular weight is 296 g/mol. The molecular weight excluding hydrogens is 272 g/mol. The van der Waals surface area contributed by atoms with Gasteiger partial charge >= 0.3 is 0 Å². The van der Waals surface area contributed by atoms with E-state index in [0.717, 1.165) is 11.1 Å². The third-order valence-electron chi connectivity index (χ3n) is 3.86. The summed E-state index contributed by atoms with van der Waals surface area (Å²) in [6, 6.07) is 12.1. The van der Waals surface area contributed by atoms with E-state index >= 15 is 0 Å². The van der Waals surface area contributed by atoms with Crippen LogP contribution in [0.2, 0.25) is 0 Å². The van der Waals surface area contributed by atoms with Gasteiger partial charge in [-0.1, -0.05) is 50.3 Å². The van der Waals surface area contributed by atoms with Crippen LogP contribution in [-0.2, 0) is 0 Å². The highest BCUT2D eigenvalue weighted by Crippen LogP contribution is 2.16. The monoisotopic (exact) mass is 296 g/mol. The third kappa shape index (κ3) is 3.95. The van der Waals surface area contributed by atoms with E-state index in [1.807, 2.05) is 25.1 Å². The molecule has 0 saturated carbocycles. The lowest BCUT2D eigenvalue weighted by molar-refractivity contribution is 0.540. The Labute approximate surface area is 132 Å². The fourth-order valence-corrected chi connectivity index (χ4v) is 2.27. The molecule has 0 saturated heterocycles. The number of hydrogen-bond donors (Lipinski definition) is 1. The Balaban J connectivity index is 2.16. The molecule has 1 atom stereocenters. The van der Waals surface area contributed by atoms with Crippen molar-refractivity contribution in [1.82, 2.24) is 4.57 Å². The Bertz CT molecular complexity index is 696. The van der Waals surface area contributed by atoms with Crippen LogP contribution < -0.4 is 11.3 Å². The van der Waals surface area contributed by atoms with Gasteiger partial charge in [0.15, 0.2) is 0 Å². The van der Waals surface area contributed by atoms with Crippen LogP contribution in [0, 0.1) is 0 Å². The molecule has 2 N–H and O–H groups in total. The van der Waals surface area contributed by atoms with E-state index in [9.17, 15) is 4.79 Å². The van der Waals surface area contributed by atoms with E-state index in [0.29, 0.717) is 12.5 Å². The predicted molar refractivity (Wildman–Crippen MR) is 93.9 cm³/mol. The normalized spacial score (nSPS) is 13.0. The maximum Gasteiger partial charge on any atom is 0.251 e. The Morgan fingerprint density at radius 1 is 1.05 bits per heavy atom. The molecule has 3 nitrogen and oxygen atoms in total. The molecule has 3 heteroatoms. The van der Waals surface area contributed by atoms with Crippen LogP contribution in [0.3, 0.4) is 0 Å². The van der Waals surface area contributed by atoms with Gasteiger partial charge in [-0.25, -0.2) is 0 Å². The molecule has 2 aromatic rings. The molecule has 1 heterocycles. The Morgan fingerprint density at radius 3 is 2.23 bits per heavy atom. The van der Waals surface area contributed by atoms with Gasteiger partial charge in [0.1, 0.15) is 0 Å². The number of benzene rings is 1. The number of pyridine rings is 1. The SMILES string of the molecule is CC(C)c1ccc(/C=C/c2ccn(C(C)CN)c(=O)c2)cc1. The molecule has 0 spiro atoms. The zero-order valence-electron chi connectivity index (χ0n) is 13.5. The third-order valence-corrected chi connectivity index (χ3v) is 3.86. The summed E-state index contributed by atoms with van der Waals surface area (Å²) in [7, 11) is 0. The van der Waals surface area contributed by atoms with Crippen LogP contribution in [0.5, 0.6) is 0 Å². The van der Waals surface area contributed by atoms with Crippen LogP contribution in [-0.4, -0.2) is 11.1 Å². The lowest BCUT2D eigenvalue weighted by Crippen LogP contribution is -2.26. The quantitative estimate of drug-likeness (QED) is 0.915. The van der Waals surface area contributed by atoms with Gasteiger partial charge < -0.3 is 10.3 Å². The summed E-state index contributed by atoms with van der Waals surface area (Å²) in [5.41, 5.74) is 8.95. The first-order valence-electron chi connectivity index (χ1n) is 7.71. The van der Waals surface area contributed by atoms with Crippen molar-refractivity contribution in [3.8, 4) is 0 Å². The van der Waals surface area contributed by atoms with Gasteiger partial charge in [0, 0.05) is 24.8 Å². The molecule has 1 aromatic heterocycles. The minimum atomic E-state index is -0.0183. The maximum absolute atomic E-state index is 12.0. The van der Waals surface area contributed by atoms with Gasteiger partial charge in [-0.3, -0.25) is 4.79 Å². The highest BCUT2D eigenvalue weighted by Gasteiger charge is 2.03. The van der Waals surface area contributed by atoms with Crippen molar-refractivity contribution in [2.75, 3.05) is 6.54 Å². The van der Waals surface area contributed by atoms with Crippen molar-refractivity contribution in [1.29, 1.82) is 0 Å². The summed E-state index contributed by atoms with van der Waals surface area (Å²) in [5, 5.41) is 0. The molecule has 0 fully saturated rings. The molecule has 0 bridgehead atoms. The van der Waals surface area contributed by atoms with Crippen molar-refractivity contribution in [2.24, 2.45) is 5.73 Å². The van der Waals surface area contributed by atoms with E-state index in [1.54, 1.807) is 16.8 Å². The zero-order chi connectivity index (χ0) is 16.1. The lowest BCUT2D eigenvalue weighted by Gasteiger charge is -2.12. The number of aromatic nitrogens is 1. The Kier molecular flexibility index (Phi) is 5.34. The second kappa shape index (κ2) is 7.23. The summed E-state index contributed by atoms with van der Waals surface area (Å²) in [6.07, 6.45) is 5.79. The number of nitrogens with zero attached hydrogens (tertiary/aromatic N) is 1. The average Bonchev–Trinajstić information content (AvgIpc) is 2.52. The second-order valence-corrected chi connectivity index (χ2v) is 5.95. The first kappa shape index (κ1) is 16.2. The van der Waals surface area contributed by atoms with Crippen LogP contribution in [0.25, 0.3) is 12.2 Å². The van der Waals surface area contributed by atoms with E-state index in [4.69, 9.17) is 5.73 Å². The number of hydrogen-bond acceptors (Lipinski definition) is 2. The molecular formula is C19H24N2O. The molecule has 22 heavy (non-hydrogen) atoms. The van der Waals surface area contributed by atoms with Crippen molar-refractivity contribution in [2.45, 2.75) is 32.7 Å². The fraction of sp³-hybridized carbons (Fsp3) is 0.316. The summed E-state index contributed by atoms with van der Waals surface area (Å²) in [5.74, 6) is 0.537. The highest BCUT2D eigenvalue weighted by atomic mass is 16.1. The smallest absolute Gasteiger partial charge is 0.251 e. The number of nitrogens with two attached hydrogens (primary N) is 1. The topological polar surface area (TPSA) is 48.0 Å². The first-order valence-corrected chi connectivity index (χ1v) is 7.71. The Morgan fingerprint density at radius 2 is 1.68 bits per heavy atom. The van der Waals surface area contributed by atoms with E-state index < -0.39 is 0 Å². The predicted octanol–water partition coefficient (Wildman–Crippen LogP) is 3.66. The maximum atomic E-state index is 12.0. The molecule has 2 rings (SSSR count). The molecule has 0 radical (unpaired) electrons. The van der Waals surface area contributed by atoms with Crippen molar-refractivity contribution >= 4 is 12.2 Å². The summed E-state index contributed by atoms with van der Waals surface area (Å²) in [6.45, 7) is 6.76. The lowest BCUT2D eigenvalue weighted by atomic mass is 10.0. The molecule has 0 amide bonds. The standard InChI is InChI=1S/C19H24N2O/c1-14(2)18-8-6-16(7-9-18)4-5-17-10-11-21(15(3)13-20)19(22)12-17/h4-12,14-15H,13,20H2,1-3H3/b5-4+. The molecule has 0 aliphatic heterocycles. The molecule has 1 aromatic carbocycles. The molecule has 0 aliphatic rings. The van der Waals surface area contributed by atoms with E-state index in [-0.39, 0.29) is 11.6 Å². The van der Waals surface area contributed by atoms with E-state index in [1.165, 1.54) is 5.56 Å². The van der Waals surface area contributed by atoms with Crippen molar-refractivity contribution in [3.63, 3.8) is 0 Å². The largest absolute Gasteiger partial charge is 0.328 e.